The van der Waals surface area contributed by atoms with Gasteiger partial charge in [-0.25, -0.2) is 0 Å². The molecule has 4 heteroatoms. The van der Waals surface area contributed by atoms with Crippen molar-refractivity contribution in [2.45, 2.75) is 31.7 Å². The van der Waals surface area contributed by atoms with Crippen molar-refractivity contribution in [3.8, 4) is 0 Å². The van der Waals surface area contributed by atoms with Gasteiger partial charge in [-0.05, 0) is 25.8 Å². The zero-order chi connectivity index (χ0) is 9.52. The van der Waals surface area contributed by atoms with Gasteiger partial charge in [0.15, 0.2) is 0 Å². The molecule has 1 saturated carbocycles. The SMILES string of the molecule is O=C(CCCNCCO)NC1CC1. The average molecular weight is 186 g/mol. The third kappa shape index (κ3) is 5.60. The molecule has 0 aliphatic heterocycles. The van der Waals surface area contributed by atoms with Gasteiger partial charge in [-0.2, -0.15) is 0 Å². The molecule has 0 bridgehead atoms. The van der Waals surface area contributed by atoms with Crippen LogP contribution in [-0.2, 0) is 4.79 Å². The molecule has 4 nitrogen and oxygen atoms in total. The van der Waals surface area contributed by atoms with Gasteiger partial charge in [-0.3, -0.25) is 4.79 Å². The fourth-order valence-electron chi connectivity index (χ4n) is 1.11. The number of rotatable bonds is 7. The molecule has 76 valence electrons. The van der Waals surface area contributed by atoms with Crippen molar-refractivity contribution in [3.63, 3.8) is 0 Å². The van der Waals surface area contributed by atoms with Crippen LogP contribution in [0.5, 0.6) is 0 Å². The van der Waals surface area contributed by atoms with E-state index in [0.29, 0.717) is 19.0 Å². The van der Waals surface area contributed by atoms with Crippen molar-refractivity contribution in [1.29, 1.82) is 0 Å². The zero-order valence-electron chi connectivity index (χ0n) is 7.88. The van der Waals surface area contributed by atoms with Crippen LogP contribution in [-0.4, -0.2) is 36.8 Å². The topological polar surface area (TPSA) is 61.4 Å². The van der Waals surface area contributed by atoms with Crippen molar-refractivity contribution in [1.82, 2.24) is 10.6 Å². The maximum absolute atomic E-state index is 11.1. The molecule has 0 aromatic carbocycles. The molecule has 1 amide bonds. The second-order valence-corrected chi connectivity index (χ2v) is 3.42. The molecular weight excluding hydrogens is 168 g/mol. The molecule has 1 aliphatic rings. The van der Waals surface area contributed by atoms with Gasteiger partial charge in [0.25, 0.3) is 0 Å². The highest BCUT2D eigenvalue weighted by Crippen LogP contribution is 2.18. The quantitative estimate of drug-likeness (QED) is 0.475. The minimum absolute atomic E-state index is 0.160. The number of carbonyl (C=O) groups is 1. The lowest BCUT2D eigenvalue weighted by Gasteiger charge is -2.03. The van der Waals surface area contributed by atoms with Crippen molar-refractivity contribution < 1.29 is 9.90 Å². The van der Waals surface area contributed by atoms with Gasteiger partial charge in [0, 0.05) is 19.0 Å². The molecule has 0 aromatic heterocycles. The van der Waals surface area contributed by atoms with E-state index >= 15 is 0 Å². The number of hydrogen-bond acceptors (Lipinski definition) is 3. The second-order valence-electron chi connectivity index (χ2n) is 3.42. The van der Waals surface area contributed by atoms with Crippen LogP contribution in [0, 0.1) is 0 Å². The zero-order valence-corrected chi connectivity index (χ0v) is 7.88. The molecule has 1 rings (SSSR count). The van der Waals surface area contributed by atoms with Crippen molar-refractivity contribution in [2.24, 2.45) is 0 Å². The normalized spacial score (nSPS) is 15.8. The minimum atomic E-state index is 0.160. The molecule has 0 radical (unpaired) electrons. The van der Waals surface area contributed by atoms with Crippen LogP contribution in [0.2, 0.25) is 0 Å². The Morgan fingerprint density at radius 1 is 1.38 bits per heavy atom. The van der Waals surface area contributed by atoms with E-state index in [1.54, 1.807) is 0 Å². The third-order valence-corrected chi connectivity index (χ3v) is 1.99. The number of aliphatic hydroxyl groups is 1. The fourth-order valence-corrected chi connectivity index (χ4v) is 1.11. The van der Waals surface area contributed by atoms with Crippen molar-refractivity contribution in [3.05, 3.63) is 0 Å². The maximum Gasteiger partial charge on any atom is 0.220 e. The van der Waals surface area contributed by atoms with E-state index in [1.165, 1.54) is 0 Å². The Kier molecular flexibility index (Phi) is 4.78. The summed E-state index contributed by atoms with van der Waals surface area (Å²) in [5.41, 5.74) is 0. The Morgan fingerprint density at radius 2 is 2.15 bits per heavy atom. The van der Waals surface area contributed by atoms with Gasteiger partial charge in [0.1, 0.15) is 0 Å². The number of hydrogen-bond donors (Lipinski definition) is 3. The minimum Gasteiger partial charge on any atom is -0.395 e. The van der Waals surface area contributed by atoms with Crippen LogP contribution in [0.25, 0.3) is 0 Å². The van der Waals surface area contributed by atoms with Crippen LogP contribution in [0.4, 0.5) is 0 Å². The Bertz CT molecular complexity index is 158. The average Bonchev–Trinajstić information content (AvgIpc) is 2.88. The first kappa shape index (κ1) is 10.5. The predicted octanol–water partition coefficient (Wildman–Crippen LogP) is -0.373. The maximum atomic E-state index is 11.1. The molecule has 0 atom stereocenters. The lowest BCUT2D eigenvalue weighted by molar-refractivity contribution is -0.121. The Morgan fingerprint density at radius 3 is 2.77 bits per heavy atom. The molecule has 0 heterocycles. The van der Waals surface area contributed by atoms with Crippen LogP contribution in [0.1, 0.15) is 25.7 Å². The summed E-state index contributed by atoms with van der Waals surface area (Å²) < 4.78 is 0. The van der Waals surface area contributed by atoms with Crippen LogP contribution >= 0.6 is 0 Å². The summed E-state index contributed by atoms with van der Waals surface area (Å²) in [6.07, 6.45) is 3.73. The van der Waals surface area contributed by atoms with Gasteiger partial charge in [-0.1, -0.05) is 0 Å². The van der Waals surface area contributed by atoms with E-state index in [1.807, 2.05) is 0 Å². The highest BCUT2D eigenvalue weighted by molar-refractivity contribution is 5.76. The Labute approximate surface area is 78.7 Å². The van der Waals surface area contributed by atoms with E-state index in [4.69, 9.17) is 5.11 Å². The van der Waals surface area contributed by atoms with E-state index in [9.17, 15) is 4.79 Å². The first-order valence-corrected chi connectivity index (χ1v) is 4.94. The summed E-state index contributed by atoms with van der Waals surface area (Å²) in [4.78, 5) is 11.1. The molecule has 0 aromatic rings. The molecule has 0 saturated heterocycles. The van der Waals surface area contributed by atoms with Crippen LogP contribution in [0.15, 0.2) is 0 Å². The molecule has 0 spiro atoms. The summed E-state index contributed by atoms with van der Waals surface area (Å²) >= 11 is 0. The molecule has 1 fully saturated rings. The Balaban J connectivity index is 1.83. The summed E-state index contributed by atoms with van der Waals surface area (Å²) in [5, 5.41) is 14.4. The summed E-state index contributed by atoms with van der Waals surface area (Å²) in [6, 6.07) is 0.470. The molecule has 0 unspecified atom stereocenters. The van der Waals surface area contributed by atoms with Gasteiger partial charge >= 0.3 is 0 Å². The number of carbonyl (C=O) groups excluding carboxylic acids is 1. The van der Waals surface area contributed by atoms with Crippen LogP contribution < -0.4 is 10.6 Å². The van der Waals surface area contributed by atoms with Gasteiger partial charge < -0.3 is 15.7 Å². The fraction of sp³-hybridized carbons (Fsp3) is 0.889. The molecule has 1 aliphatic carbocycles. The Hall–Kier alpha value is -0.610. The highest BCUT2D eigenvalue weighted by atomic mass is 16.3. The number of nitrogens with one attached hydrogen (secondary N) is 2. The van der Waals surface area contributed by atoms with Crippen molar-refractivity contribution in [2.75, 3.05) is 19.7 Å². The van der Waals surface area contributed by atoms with Gasteiger partial charge in [0.05, 0.1) is 6.61 Å². The number of amides is 1. The standard InChI is InChI=1S/C9H18N2O2/c12-7-6-10-5-1-2-9(13)11-8-3-4-8/h8,10,12H,1-7H2,(H,11,13). The summed E-state index contributed by atoms with van der Waals surface area (Å²) in [7, 11) is 0. The van der Waals surface area contributed by atoms with E-state index in [2.05, 4.69) is 10.6 Å². The molecule has 3 N–H and O–H groups in total. The van der Waals surface area contributed by atoms with Crippen LogP contribution in [0.3, 0.4) is 0 Å². The van der Waals surface area contributed by atoms with Crippen molar-refractivity contribution >= 4 is 5.91 Å². The second kappa shape index (κ2) is 5.94. The predicted molar refractivity (Wildman–Crippen MR) is 50.4 cm³/mol. The summed E-state index contributed by atoms with van der Waals surface area (Å²) in [5.74, 6) is 0.160. The van der Waals surface area contributed by atoms with E-state index in [0.717, 1.165) is 25.8 Å². The number of aliphatic hydroxyl groups excluding tert-OH is 1. The largest absolute Gasteiger partial charge is 0.395 e. The van der Waals surface area contributed by atoms with Gasteiger partial charge in [0.2, 0.25) is 5.91 Å². The smallest absolute Gasteiger partial charge is 0.220 e. The van der Waals surface area contributed by atoms with E-state index in [-0.39, 0.29) is 12.5 Å². The summed E-state index contributed by atoms with van der Waals surface area (Å²) in [6.45, 7) is 1.58. The first-order valence-electron chi connectivity index (χ1n) is 4.94. The highest BCUT2D eigenvalue weighted by Gasteiger charge is 2.22. The monoisotopic (exact) mass is 186 g/mol. The third-order valence-electron chi connectivity index (χ3n) is 1.99. The lowest BCUT2D eigenvalue weighted by atomic mass is 10.3. The van der Waals surface area contributed by atoms with E-state index < -0.39 is 0 Å². The molecule has 13 heavy (non-hydrogen) atoms. The first-order chi connectivity index (χ1) is 6.33. The van der Waals surface area contributed by atoms with Gasteiger partial charge in [-0.15, -0.1) is 0 Å². The lowest BCUT2D eigenvalue weighted by Crippen LogP contribution is -2.27. The molecular formula is C9H18N2O2.